The summed E-state index contributed by atoms with van der Waals surface area (Å²) in [4.78, 5) is 21.4. The predicted octanol–water partition coefficient (Wildman–Crippen LogP) is 2.28. The van der Waals surface area contributed by atoms with Crippen molar-refractivity contribution in [2.45, 2.75) is 31.3 Å². The molecule has 1 aliphatic carbocycles. The maximum absolute atomic E-state index is 10.8. The van der Waals surface area contributed by atoms with E-state index in [1.807, 2.05) is 0 Å². The van der Waals surface area contributed by atoms with Crippen LogP contribution in [0.25, 0.3) is 0 Å². The van der Waals surface area contributed by atoms with E-state index in [0.717, 1.165) is 25.5 Å². The van der Waals surface area contributed by atoms with Gasteiger partial charge in [-0.25, -0.2) is 0 Å². The van der Waals surface area contributed by atoms with Crippen LogP contribution < -0.4 is 4.74 Å². The van der Waals surface area contributed by atoms with Gasteiger partial charge in [-0.1, -0.05) is 12.1 Å². The molecule has 4 heteroatoms. The third-order valence-corrected chi connectivity index (χ3v) is 3.07. The van der Waals surface area contributed by atoms with Crippen LogP contribution in [0, 0.1) is 0 Å². The molecule has 0 radical (unpaired) electrons. The maximum atomic E-state index is 10.8. The van der Waals surface area contributed by atoms with Gasteiger partial charge in [-0.3, -0.25) is 9.59 Å². The first-order valence-corrected chi connectivity index (χ1v) is 5.60. The Morgan fingerprint density at radius 3 is 2.76 bits per heavy atom. The first-order valence-electron chi connectivity index (χ1n) is 5.60. The highest BCUT2D eigenvalue weighted by Crippen LogP contribution is 2.39. The van der Waals surface area contributed by atoms with Gasteiger partial charge in [-0.15, -0.1) is 0 Å². The van der Waals surface area contributed by atoms with Gasteiger partial charge in [0.25, 0.3) is 0 Å². The minimum Gasteiger partial charge on any atom is -0.487 e. The highest BCUT2D eigenvalue weighted by molar-refractivity contribution is 5.75. The third kappa shape index (κ3) is 2.64. The van der Waals surface area contributed by atoms with Gasteiger partial charge in [0.05, 0.1) is 6.42 Å². The number of hydrogen-bond acceptors (Lipinski definition) is 3. The molecule has 0 amide bonds. The van der Waals surface area contributed by atoms with Crippen LogP contribution in [0.1, 0.15) is 36.0 Å². The number of rotatable bonds is 5. The molecule has 90 valence electrons. The molecule has 0 saturated heterocycles. The first-order chi connectivity index (χ1) is 8.13. The van der Waals surface area contributed by atoms with Crippen molar-refractivity contribution in [2.75, 3.05) is 0 Å². The fraction of sp³-hybridized carbons (Fsp3) is 0.385. The molecule has 17 heavy (non-hydrogen) atoms. The number of aliphatic carboxylic acids is 1. The van der Waals surface area contributed by atoms with Gasteiger partial charge in [-0.05, 0) is 31.4 Å². The van der Waals surface area contributed by atoms with Gasteiger partial charge in [0, 0.05) is 5.56 Å². The summed E-state index contributed by atoms with van der Waals surface area (Å²) in [7, 11) is 0. The molecule has 2 rings (SSSR count). The minimum atomic E-state index is -0.851. The second-order valence-corrected chi connectivity index (χ2v) is 4.40. The van der Waals surface area contributed by atoms with Crippen molar-refractivity contribution in [3.8, 4) is 5.75 Å². The fourth-order valence-corrected chi connectivity index (χ4v) is 2.06. The van der Waals surface area contributed by atoms with Gasteiger partial charge in [0.1, 0.15) is 17.6 Å². The van der Waals surface area contributed by atoms with E-state index in [0.29, 0.717) is 11.3 Å². The number of carboxylic acids is 1. The Kier molecular flexibility index (Phi) is 3.13. The Morgan fingerprint density at radius 1 is 1.47 bits per heavy atom. The summed E-state index contributed by atoms with van der Waals surface area (Å²) in [5, 5.41) is 8.86. The van der Waals surface area contributed by atoms with Gasteiger partial charge < -0.3 is 9.84 Å². The first kappa shape index (κ1) is 11.6. The Morgan fingerprint density at radius 2 is 2.24 bits per heavy atom. The lowest BCUT2D eigenvalue weighted by molar-refractivity contribution is -0.144. The molecule has 1 fully saturated rings. The molecular formula is C13H14O4. The maximum Gasteiger partial charge on any atom is 0.307 e. The molecule has 0 aromatic heterocycles. The number of carbonyl (C=O) groups is 2. The predicted molar refractivity (Wildman–Crippen MR) is 61.3 cm³/mol. The standard InChI is InChI=1S/C13H14O4/c14-9-10-3-1-4-11(7-10)17-13(5-2-6-13)8-12(15)16/h1,3-4,7,9H,2,5-6,8H2,(H,15,16). The largest absolute Gasteiger partial charge is 0.487 e. The summed E-state index contributed by atoms with van der Waals surface area (Å²) < 4.78 is 5.75. The van der Waals surface area contributed by atoms with E-state index in [1.165, 1.54) is 0 Å². The molecule has 1 aliphatic rings. The summed E-state index contributed by atoms with van der Waals surface area (Å²) >= 11 is 0. The van der Waals surface area contributed by atoms with E-state index in [-0.39, 0.29) is 6.42 Å². The van der Waals surface area contributed by atoms with E-state index >= 15 is 0 Å². The average Bonchev–Trinajstić information content (AvgIpc) is 2.26. The second-order valence-electron chi connectivity index (χ2n) is 4.40. The number of benzene rings is 1. The number of aldehydes is 1. The van der Waals surface area contributed by atoms with Crippen LogP contribution in [0.15, 0.2) is 24.3 Å². The minimum absolute atomic E-state index is 0.0122. The SMILES string of the molecule is O=Cc1cccc(OC2(CC(=O)O)CCC2)c1. The van der Waals surface area contributed by atoms with Gasteiger partial charge in [0.15, 0.2) is 0 Å². The normalized spacial score (nSPS) is 16.9. The van der Waals surface area contributed by atoms with Crippen molar-refractivity contribution in [1.29, 1.82) is 0 Å². The summed E-state index contributed by atoms with van der Waals surface area (Å²) in [5.41, 5.74) is -0.0415. The summed E-state index contributed by atoms with van der Waals surface area (Å²) in [6.45, 7) is 0. The highest BCUT2D eigenvalue weighted by Gasteiger charge is 2.41. The zero-order valence-electron chi connectivity index (χ0n) is 9.39. The van der Waals surface area contributed by atoms with E-state index < -0.39 is 11.6 Å². The third-order valence-electron chi connectivity index (χ3n) is 3.07. The van der Waals surface area contributed by atoms with Crippen LogP contribution >= 0.6 is 0 Å². The van der Waals surface area contributed by atoms with Crippen LogP contribution in [0.4, 0.5) is 0 Å². The van der Waals surface area contributed by atoms with E-state index in [1.54, 1.807) is 24.3 Å². The van der Waals surface area contributed by atoms with Crippen LogP contribution in [0.3, 0.4) is 0 Å². The molecule has 0 unspecified atom stereocenters. The zero-order chi connectivity index (χ0) is 12.3. The molecule has 0 aliphatic heterocycles. The highest BCUT2D eigenvalue weighted by atomic mass is 16.5. The van der Waals surface area contributed by atoms with Gasteiger partial charge in [-0.2, -0.15) is 0 Å². The molecule has 0 spiro atoms. The summed E-state index contributed by atoms with van der Waals surface area (Å²) in [5.74, 6) is -0.285. The van der Waals surface area contributed by atoms with Crippen LogP contribution in [0.2, 0.25) is 0 Å². The van der Waals surface area contributed by atoms with Crippen molar-refractivity contribution in [3.63, 3.8) is 0 Å². The average molecular weight is 234 g/mol. The van der Waals surface area contributed by atoms with Crippen molar-refractivity contribution in [3.05, 3.63) is 29.8 Å². The molecular weight excluding hydrogens is 220 g/mol. The summed E-state index contributed by atoms with van der Waals surface area (Å²) in [6.07, 6.45) is 3.26. The van der Waals surface area contributed by atoms with E-state index in [2.05, 4.69) is 0 Å². The second kappa shape index (κ2) is 4.57. The number of carboxylic acid groups (broad SMARTS) is 1. The van der Waals surface area contributed by atoms with Crippen molar-refractivity contribution >= 4 is 12.3 Å². The fourth-order valence-electron chi connectivity index (χ4n) is 2.06. The molecule has 1 N–H and O–H groups in total. The monoisotopic (exact) mass is 234 g/mol. The molecule has 1 aromatic rings. The van der Waals surface area contributed by atoms with Gasteiger partial charge >= 0.3 is 5.97 Å². The smallest absolute Gasteiger partial charge is 0.307 e. The van der Waals surface area contributed by atoms with E-state index in [9.17, 15) is 9.59 Å². The van der Waals surface area contributed by atoms with Crippen molar-refractivity contribution in [2.24, 2.45) is 0 Å². The quantitative estimate of drug-likeness (QED) is 0.794. The lowest BCUT2D eigenvalue weighted by Crippen LogP contribution is -2.45. The van der Waals surface area contributed by atoms with Crippen molar-refractivity contribution < 1.29 is 19.4 Å². The lowest BCUT2D eigenvalue weighted by atomic mass is 9.77. The molecule has 0 heterocycles. The molecule has 4 nitrogen and oxygen atoms in total. The van der Waals surface area contributed by atoms with E-state index in [4.69, 9.17) is 9.84 Å². The Hall–Kier alpha value is -1.84. The molecule has 1 saturated carbocycles. The Balaban J connectivity index is 2.12. The number of ether oxygens (including phenoxy) is 1. The molecule has 0 atom stereocenters. The molecule has 1 aromatic carbocycles. The van der Waals surface area contributed by atoms with Crippen LogP contribution in [0.5, 0.6) is 5.75 Å². The number of carbonyl (C=O) groups excluding carboxylic acids is 1. The van der Waals surface area contributed by atoms with Gasteiger partial charge in [0.2, 0.25) is 0 Å². The summed E-state index contributed by atoms with van der Waals surface area (Å²) in [6, 6.07) is 6.79. The Bertz CT molecular complexity index is 435. The molecule has 0 bridgehead atoms. The number of hydrogen-bond donors (Lipinski definition) is 1. The Labute approximate surface area is 99.2 Å². The lowest BCUT2D eigenvalue weighted by Gasteiger charge is -2.40. The topological polar surface area (TPSA) is 63.6 Å². The van der Waals surface area contributed by atoms with Crippen molar-refractivity contribution in [1.82, 2.24) is 0 Å². The van der Waals surface area contributed by atoms with Crippen LogP contribution in [-0.2, 0) is 4.79 Å². The van der Waals surface area contributed by atoms with Crippen LogP contribution in [-0.4, -0.2) is 23.0 Å². The zero-order valence-corrected chi connectivity index (χ0v) is 9.39.